The minimum atomic E-state index is -0.481. The van der Waals surface area contributed by atoms with Crippen LogP contribution in [0.25, 0.3) is 22.3 Å². The van der Waals surface area contributed by atoms with Crippen LogP contribution < -0.4 is 5.43 Å². The normalized spacial score (nSPS) is 20.1. The van der Waals surface area contributed by atoms with Crippen LogP contribution in [0.3, 0.4) is 0 Å². The maximum atomic E-state index is 12.8. The molecule has 4 rings (SSSR count). The van der Waals surface area contributed by atoms with Gasteiger partial charge in [-0.3, -0.25) is 4.79 Å². The Morgan fingerprint density at radius 2 is 1.86 bits per heavy atom. The molecule has 0 amide bonds. The Balaban J connectivity index is 2.03. The number of phenolic OH excluding ortho intramolecular Hbond substituents is 3. The Labute approximate surface area is 160 Å². The van der Waals surface area contributed by atoms with Crippen LogP contribution in [-0.2, 0) is 0 Å². The van der Waals surface area contributed by atoms with Gasteiger partial charge in [0, 0.05) is 29.7 Å². The van der Waals surface area contributed by atoms with Crippen molar-refractivity contribution < 1.29 is 24.8 Å². The first-order valence-corrected chi connectivity index (χ1v) is 9.04. The smallest absolute Gasteiger partial charge is 0.197 e. The highest BCUT2D eigenvalue weighted by Gasteiger charge is 2.36. The molecule has 1 aliphatic rings. The fraction of sp³-hybridized carbons (Fsp3) is 0.286. The number of aliphatic hydroxyl groups is 1. The van der Waals surface area contributed by atoms with Gasteiger partial charge in [0.25, 0.3) is 0 Å². The number of nitrogens with zero attached hydrogens (tertiary/aromatic N) is 1. The molecule has 146 valence electrons. The zero-order valence-electron chi connectivity index (χ0n) is 15.3. The maximum Gasteiger partial charge on any atom is 0.197 e. The summed E-state index contributed by atoms with van der Waals surface area (Å²) in [6.07, 6.45) is 0.652. The lowest BCUT2D eigenvalue weighted by Gasteiger charge is -2.24. The van der Waals surface area contributed by atoms with Gasteiger partial charge in [-0.15, -0.1) is 0 Å². The average Bonchev–Trinajstić information content (AvgIpc) is 3.01. The summed E-state index contributed by atoms with van der Waals surface area (Å²) in [5.74, 6) is -0.763. The van der Waals surface area contributed by atoms with Gasteiger partial charge in [0.15, 0.2) is 5.43 Å². The Hall–Kier alpha value is -3.03. The highest BCUT2D eigenvalue weighted by molar-refractivity contribution is 5.90. The van der Waals surface area contributed by atoms with Crippen LogP contribution in [0, 0.1) is 0 Å². The Morgan fingerprint density at radius 3 is 2.57 bits per heavy atom. The summed E-state index contributed by atoms with van der Waals surface area (Å²) in [4.78, 5) is 14.7. The van der Waals surface area contributed by atoms with Crippen molar-refractivity contribution in [2.75, 3.05) is 20.2 Å². The van der Waals surface area contributed by atoms with E-state index in [1.807, 2.05) is 11.9 Å². The standard InChI is InChI=1S/C21H21NO6/c1-22-7-6-11(13(22)10-23)19-15(25)8-16(26)20-17(27)9-18(28-21(19)20)12-4-2-3-5-14(12)24/h2-5,8-9,11,13,23-26H,6-7,10H2,1H3/t11?,13-/m1/s1. The van der Waals surface area contributed by atoms with Crippen LogP contribution in [0.1, 0.15) is 17.9 Å². The molecule has 7 heteroatoms. The number of aliphatic hydroxyl groups excluding tert-OH is 1. The first kappa shape index (κ1) is 18.3. The molecule has 0 radical (unpaired) electrons. The number of hydrogen-bond acceptors (Lipinski definition) is 7. The molecule has 1 fully saturated rings. The zero-order valence-corrected chi connectivity index (χ0v) is 15.3. The molecule has 28 heavy (non-hydrogen) atoms. The van der Waals surface area contributed by atoms with E-state index >= 15 is 0 Å². The third-order valence-electron chi connectivity index (χ3n) is 5.55. The van der Waals surface area contributed by atoms with Crippen molar-refractivity contribution in [3.05, 3.63) is 52.2 Å². The molecular formula is C21H21NO6. The molecule has 1 unspecified atom stereocenters. The predicted molar refractivity (Wildman–Crippen MR) is 104 cm³/mol. The van der Waals surface area contributed by atoms with E-state index in [9.17, 15) is 25.2 Å². The van der Waals surface area contributed by atoms with Crippen LogP contribution in [0.15, 0.2) is 45.6 Å². The minimum absolute atomic E-state index is 0.0294. The molecule has 2 aromatic carbocycles. The number of fused-ring (bicyclic) bond motifs is 1. The van der Waals surface area contributed by atoms with Crippen LogP contribution in [-0.4, -0.2) is 51.6 Å². The molecule has 0 aliphatic carbocycles. The first-order valence-electron chi connectivity index (χ1n) is 9.04. The number of para-hydroxylation sites is 1. The summed E-state index contributed by atoms with van der Waals surface area (Å²) in [6, 6.07) is 8.55. The number of phenols is 3. The largest absolute Gasteiger partial charge is 0.507 e. The van der Waals surface area contributed by atoms with Crippen LogP contribution in [0.4, 0.5) is 0 Å². The van der Waals surface area contributed by atoms with E-state index in [1.165, 1.54) is 12.1 Å². The number of rotatable bonds is 3. The summed E-state index contributed by atoms with van der Waals surface area (Å²) in [7, 11) is 1.88. The van der Waals surface area contributed by atoms with E-state index in [0.717, 1.165) is 6.07 Å². The fourth-order valence-corrected chi connectivity index (χ4v) is 4.11. The van der Waals surface area contributed by atoms with Crippen molar-refractivity contribution in [3.63, 3.8) is 0 Å². The molecular weight excluding hydrogens is 362 g/mol. The highest BCUT2D eigenvalue weighted by Crippen LogP contribution is 2.44. The number of aromatic hydroxyl groups is 3. The fourth-order valence-electron chi connectivity index (χ4n) is 4.11. The topological polar surface area (TPSA) is 114 Å². The molecule has 0 spiro atoms. The second kappa shape index (κ2) is 6.85. The van der Waals surface area contributed by atoms with Gasteiger partial charge in [-0.05, 0) is 32.1 Å². The molecule has 7 nitrogen and oxygen atoms in total. The van der Waals surface area contributed by atoms with E-state index < -0.39 is 5.43 Å². The van der Waals surface area contributed by atoms with Crippen molar-refractivity contribution in [3.8, 4) is 28.6 Å². The molecule has 4 N–H and O–H groups in total. The first-order chi connectivity index (χ1) is 13.4. The number of benzene rings is 2. The third-order valence-corrected chi connectivity index (χ3v) is 5.55. The van der Waals surface area contributed by atoms with Crippen molar-refractivity contribution in [1.29, 1.82) is 0 Å². The molecule has 3 aromatic rings. The minimum Gasteiger partial charge on any atom is -0.507 e. The van der Waals surface area contributed by atoms with Crippen molar-refractivity contribution in [2.45, 2.75) is 18.4 Å². The van der Waals surface area contributed by atoms with Crippen LogP contribution in [0.2, 0.25) is 0 Å². The van der Waals surface area contributed by atoms with E-state index in [0.29, 0.717) is 24.1 Å². The van der Waals surface area contributed by atoms with Crippen molar-refractivity contribution >= 4 is 11.0 Å². The Morgan fingerprint density at radius 1 is 1.11 bits per heavy atom. The molecule has 0 bridgehead atoms. The van der Waals surface area contributed by atoms with E-state index in [4.69, 9.17) is 4.42 Å². The Bertz CT molecular complexity index is 1110. The lowest BCUT2D eigenvalue weighted by molar-refractivity contribution is 0.172. The second-order valence-corrected chi connectivity index (χ2v) is 7.15. The average molecular weight is 383 g/mol. The van der Waals surface area contributed by atoms with E-state index in [1.54, 1.807) is 18.2 Å². The van der Waals surface area contributed by atoms with Gasteiger partial charge in [0.1, 0.15) is 34.0 Å². The van der Waals surface area contributed by atoms with Gasteiger partial charge in [-0.25, -0.2) is 0 Å². The SMILES string of the molecule is CN1CCC(c2c(O)cc(O)c3c(=O)cc(-c4ccccc4O)oc23)[C@H]1CO. The van der Waals surface area contributed by atoms with Gasteiger partial charge < -0.3 is 29.7 Å². The molecule has 2 atom stereocenters. The summed E-state index contributed by atoms with van der Waals surface area (Å²) >= 11 is 0. The van der Waals surface area contributed by atoms with Crippen molar-refractivity contribution in [1.82, 2.24) is 4.90 Å². The summed E-state index contributed by atoms with van der Waals surface area (Å²) in [5.41, 5.74) is 0.301. The highest BCUT2D eigenvalue weighted by atomic mass is 16.3. The van der Waals surface area contributed by atoms with Crippen LogP contribution >= 0.6 is 0 Å². The van der Waals surface area contributed by atoms with Gasteiger partial charge in [-0.2, -0.15) is 0 Å². The third kappa shape index (κ3) is 2.80. The molecule has 1 aliphatic heterocycles. The number of hydrogen-bond donors (Lipinski definition) is 4. The van der Waals surface area contributed by atoms with Gasteiger partial charge in [0.2, 0.25) is 0 Å². The lowest BCUT2D eigenvalue weighted by Crippen LogP contribution is -2.32. The van der Waals surface area contributed by atoms with Crippen LogP contribution in [0.5, 0.6) is 17.2 Å². The molecule has 1 aromatic heterocycles. The summed E-state index contributed by atoms with van der Waals surface area (Å²) in [5, 5.41) is 40.8. The molecule has 2 heterocycles. The van der Waals surface area contributed by atoms with Crippen molar-refractivity contribution in [2.24, 2.45) is 0 Å². The monoisotopic (exact) mass is 383 g/mol. The van der Waals surface area contributed by atoms with Gasteiger partial charge >= 0.3 is 0 Å². The lowest BCUT2D eigenvalue weighted by atomic mass is 9.89. The number of likely N-dealkylation sites (N-methyl/N-ethyl adjacent to an activating group) is 1. The van der Waals surface area contributed by atoms with E-state index in [-0.39, 0.29) is 52.5 Å². The van der Waals surface area contributed by atoms with E-state index in [2.05, 4.69) is 0 Å². The maximum absolute atomic E-state index is 12.8. The second-order valence-electron chi connectivity index (χ2n) is 7.15. The zero-order chi connectivity index (χ0) is 20.0. The predicted octanol–water partition coefficient (Wildman–Crippen LogP) is 2.36. The quantitative estimate of drug-likeness (QED) is 0.549. The summed E-state index contributed by atoms with van der Waals surface area (Å²) in [6.45, 7) is 0.591. The van der Waals surface area contributed by atoms with Gasteiger partial charge in [0.05, 0.1) is 12.2 Å². The summed E-state index contributed by atoms with van der Waals surface area (Å²) < 4.78 is 5.96. The number of likely N-dealkylation sites (tertiary alicyclic amines) is 1. The molecule has 0 saturated carbocycles. The molecule has 1 saturated heterocycles. The van der Waals surface area contributed by atoms with Gasteiger partial charge in [-0.1, -0.05) is 12.1 Å². The Kier molecular flexibility index (Phi) is 4.49.